The molecule has 0 radical (unpaired) electrons. The molecule has 2 aromatic rings. The molecular formula is C22H25N7O4. The maximum absolute atomic E-state index is 13.2. The molecule has 11 heteroatoms. The molecule has 2 fully saturated rings. The molecule has 11 nitrogen and oxygen atoms in total. The zero-order valence-electron chi connectivity index (χ0n) is 17.9. The van der Waals surface area contributed by atoms with Crippen LogP contribution in [0.5, 0.6) is 0 Å². The number of para-hydroxylation sites is 1. The number of hydrogen-bond donors (Lipinski definition) is 3. The van der Waals surface area contributed by atoms with E-state index in [-0.39, 0.29) is 37.3 Å². The Bertz CT molecular complexity index is 1020. The summed E-state index contributed by atoms with van der Waals surface area (Å²) in [5, 5.41) is 8.27. The van der Waals surface area contributed by atoms with Crippen LogP contribution in [0.2, 0.25) is 0 Å². The van der Waals surface area contributed by atoms with E-state index in [0.29, 0.717) is 18.7 Å². The van der Waals surface area contributed by atoms with Crippen molar-refractivity contribution in [3.8, 4) is 0 Å². The molecule has 1 aromatic carbocycles. The molecule has 3 N–H and O–H groups in total. The number of nitrogens with zero attached hydrogens (tertiary/aromatic N) is 4. The number of carbonyl (C=O) groups excluding carboxylic acids is 4. The molecule has 2 atom stereocenters. The second-order valence-corrected chi connectivity index (χ2v) is 7.84. The number of piperazine rings is 1. The van der Waals surface area contributed by atoms with Gasteiger partial charge in [0.25, 0.3) is 5.91 Å². The lowest BCUT2D eigenvalue weighted by atomic mass is 10.0. The van der Waals surface area contributed by atoms with Gasteiger partial charge in [0.1, 0.15) is 17.8 Å². The lowest BCUT2D eigenvalue weighted by Crippen LogP contribution is -2.64. The number of nitrogens with one attached hydrogen (secondary N) is 3. The molecule has 0 bridgehead atoms. The zero-order chi connectivity index (χ0) is 23.2. The highest BCUT2D eigenvalue weighted by Gasteiger charge is 2.39. The van der Waals surface area contributed by atoms with Crippen LogP contribution in [0.4, 0.5) is 10.5 Å². The lowest BCUT2D eigenvalue weighted by molar-refractivity contribution is -0.133. The molecular weight excluding hydrogens is 426 g/mol. The summed E-state index contributed by atoms with van der Waals surface area (Å²) >= 11 is 0. The van der Waals surface area contributed by atoms with Gasteiger partial charge in [-0.15, -0.1) is 0 Å². The average molecular weight is 451 g/mol. The first-order chi connectivity index (χ1) is 16.0. The van der Waals surface area contributed by atoms with Crippen LogP contribution in [-0.2, 0) is 9.59 Å². The Kier molecular flexibility index (Phi) is 6.77. The number of anilines is 1. The second-order valence-electron chi connectivity index (χ2n) is 7.84. The van der Waals surface area contributed by atoms with Gasteiger partial charge in [0.05, 0.1) is 12.7 Å². The quantitative estimate of drug-likeness (QED) is 0.609. The lowest BCUT2D eigenvalue weighted by Gasteiger charge is -2.40. The monoisotopic (exact) mass is 451 g/mol. The molecule has 0 aliphatic carbocycles. The molecule has 2 aliphatic rings. The fourth-order valence-electron chi connectivity index (χ4n) is 3.89. The van der Waals surface area contributed by atoms with E-state index in [9.17, 15) is 19.2 Å². The van der Waals surface area contributed by atoms with Crippen molar-refractivity contribution in [2.24, 2.45) is 0 Å². The first-order valence-electron chi connectivity index (χ1n) is 10.8. The summed E-state index contributed by atoms with van der Waals surface area (Å²) in [5.74, 6) is -1.21. The summed E-state index contributed by atoms with van der Waals surface area (Å²) in [5.41, 5.74) is 0.730. The van der Waals surface area contributed by atoms with Gasteiger partial charge in [-0.2, -0.15) is 0 Å². The maximum Gasteiger partial charge on any atom is 0.321 e. The zero-order valence-corrected chi connectivity index (χ0v) is 17.9. The van der Waals surface area contributed by atoms with E-state index in [4.69, 9.17) is 0 Å². The molecule has 172 valence electrons. The number of amides is 5. The van der Waals surface area contributed by atoms with Crippen LogP contribution in [0, 0.1) is 0 Å². The fraction of sp³-hybridized carbons (Fsp3) is 0.364. The van der Waals surface area contributed by atoms with Crippen LogP contribution in [0.3, 0.4) is 0 Å². The minimum Gasteiger partial charge on any atom is -0.354 e. The van der Waals surface area contributed by atoms with Gasteiger partial charge >= 0.3 is 6.03 Å². The van der Waals surface area contributed by atoms with E-state index >= 15 is 0 Å². The number of piperidine rings is 1. The van der Waals surface area contributed by atoms with Crippen molar-refractivity contribution in [3.63, 3.8) is 0 Å². The molecule has 2 saturated heterocycles. The van der Waals surface area contributed by atoms with Crippen LogP contribution in [0.15, 0.2) is 48.9 Å². The van der Waals surface area contributed by atoms with Crippen LogP contribution in [0.25, 0.3) is 0 Å². The summed E-state index contributed by atoms with van der Waals surface area (Å²) < 4.78 is 0. The second kappa shape index (κ2) is 10.1. The highest BCUT2D eigenvalue weighted by Crippen LogP contribution is 2.16. The van der Waals surface area contributed by atoms with Gasteiger partial charge in [-0.3, -0.25) is 19.4 Å². The average Bonchev–Trinajstić information content (AvgIpc) is 2.85. The number of aromatic nitrogens is 2. The summed E-state index contributed by atoms with van der Waals surface area (Å²) in [4.78, 5) is 62.1. The number of benzene rings is 1. The Morgan fingerprint density at radius 2 is 1.91 bits per heavy atom. The first kappa shape index (κ1) is 22.2. The Labute approximate surface area is 190 Å². The Balaban J connectivity index is 1.51. The van der Waals surface area contributed by atoms with Gasteiger partial charge in [-0.05, 0) is 25.0 Å². The van der Waals surface area contributed by atoms with E-state index in [1.807, 2.05) is 6.07 Å². The summed E-state index contributed by atoms with van der Waals surface area (Å²) in [6.45, 7) is 0.912. The van der Waals surface area contributed by atoms with E-state index in [1.54, 1.807) is 24.3 Å². The van der Waals surface area contributed by atoms with Crippen LogP contribution in [0.1, 0.15) is 23.3 Å². The molecule has 4 rings (SSSR count). The number of rotatable bonds is 4. The van der Waals surface area contributed by atoms with Crippen LogP contribution < -0.4 is 16.0 Å². The number of urea groups is 1. The maximum atomic E-state index is 13.2. The first-order valence-corrected chi connectivity index (χ1v) is 10.8. The third-order valence-corrected chi connectivity index (χ3v) is 5.64. The van der Waals surface area contributed by atoms with Gasteiger partial charge in [0, 0.05) is 37.7 Å². The third-order valence-electron chi connectivity index (χ3n) is 5.64. The van der Waals surface area contributed by atoms with E-state index in [2.05, 4.69) is 25.9 Å². The highest BCUT2D eigenvalue weighted by molar-refractivity contribution is 5.98. The summed E-state index contributed by atoms with van der Waals surface area (Å²) in [6.07, 6.45) is 5.45. The smallest absolute Gasteiger partial charge is 0.321 e. The molecule has 5 amide bonds. The van der Waals surface area contributed by atoms with Gasteiger partial charge < -0.3 is 25.8 Å². The Hall–Kier alpha value is -4.02. The topological polar surface area (TPSA) is 137 Å². The molecule has 0 spiro atoms. The van der Waals surface area contributed by atoms with Crippen molar-refractivity contribution in [1.29, 1.82) is 0 Å². The van der Waals surface area contributed by atoms with Crippen LogP contribution >= 0.6 is 0 Å². The van der Waals surface area contributed by atoms with Crippen molar-refractivity contribution in [1.82, 2.24) is 30.4 Å². The molecule has 3 heterocycles. The van der Waals surface area contributed by atoms with E-state index in [1.165, 1.54) is 28.4 Å². The highest BCUT2D eigenvalue weighted by atomic mass is 16.2. The van der Waals surface area contributed by atoms with Crippen molar-refractivity contribution < 1.29 is 19.2 Å². The fourth-order valence-corrected chi connectivity index (χ4v) is 3.89. The minimum atomic E-state index is -0.982. The standard InChI is InChI=1S/C22H25N7O4/c30-19-16(7-4-8-25-19)27-20(31)18-14-28(22(33)26-15-5-2-1-3-6-15)11-12-29(18)21(32)17-13-23-9-10-24-17/h1-3,5-6,9-10,13,16,18H,4,7-8,11-12,14H2,(H,25,30)(H,26,33)(H,27,31). The van der Waals surface area contributed by atoms with Crippen molar-refractivity contribution >= 4 is 29.4 Å². The SMILES string of the molecule is O=C1NCCCC1NC(=O)C1CN(C(=O)Nc2ccccc2)CCN1C(=O)c1cnccn1. The number of carbonyl (C=O) groups is 4. The van der Waals surface area contributed by atoms with Crippen molar-refractivity contribution in [2.45, 2.75) is 24.9 Å². The number of hydrogen-bond acceptors (Lipinski definition) is 6. The Morgan fingerprint density at radius 3 is 2.64 bits per heavy atom. The summed E-state index contributed by atoms with van der Waals surface area (Å²) in [7, 11) is 0. The predicted octanol–water partition coefficient (Wildman–Crippen LogP) is 0.230. The third kappa shape index (κ3) is 5.25. The largest absolute Gasteiger partial charge is 0.354 e. The van der Waals surface area contributed by atoms with Gasteiger partial charge in [-0.25, -0.2) is 9.78 Å². The molecule has 1 aromatic heterocycles. The van der Waals surface area contributed by atoms with Gasteiger partial charge in [0.15, 0.2) is 0 Å². The van der Waals surface area contributed by atoms with Gasteiger partial charge in [-0.1, -0.05) is 18.2 Å². The van der Waals surface area contributed by atoms with Crippen molar-refractivity contribution in [2.75, 3.05) is 31.5 Å². The molecule has 2 aliphatic heterocycles. The predicted molar refractivity (Wildman–Crippen MR) is 118 cm³/mol. The van der Waals surface area contributed by atoms with E-state index < -0.39 is 23.9 Å². The van der Waals surface area contributed by atoms with Gasteiger partial charge in [0.2, 0.25) is 11.8 Å². The normalized spacial score (nSPS) is 20.5. The summed E-state index contributed by atoms with van der Waals surface area (Å²) in [6, 6.07) is 6.94. The molecule has 2 unspecified atom stereocenters. The Morgan fingerprint density at radius 1 is 1.09 bits per heavy atom. The molecule has 0 saturated carbocycles. The van der Waals surface area contributed by atoms with Crippen molar-refractivity contribution in [3.05, 3.63) is 54.6 Å². The van der Waals surface area contributed by atoms with E-state index in [0.717, 1.165) is 6.42 Å². The minimum absolute atomic E-state index is 0.0230. The molecule has 33 heavy (non-hydrogen) atoms. The van der Waals surface area contributed by atoms with Crippen LogP contribution in [-0.4, -0.2) is 81.8 Å².